The van der Waals surface area contributed by atoms with Gasteiger partial charge in [0.1, 0.15) is 5.82 Å². The van der Waals surface area contributed by atoms with Gasteiger partial charge in [0.05, 0.1) is 0 Å². The second kappa shape index (κ2) is 6.30. The zero-order valence-electron chi connectivity index (χ0n) is 11.5. The van der Waals surface area contributed by atoms with Gasteiger partial charge >= 0.3 is 0 Å². The van der Waals surface area contributed by atoms with Crippen LogP contribution in [0.2, 0.25) is 0 Å². The van der Waals surface area contributed by atoms with Crippen LogP contribution in [0.4, 0.5) is 10.1 Å². The Morgan fingerprint density at radius 3 is 2.70 bits per heavy atom. The van der Waals surface area contributed by atoms with Gasteiger partial charge in [-0.1, -0.05) is 12.1 Å². The van der Waals surface area contributed by atoms with Gasteiger partial charge in [-0.25, -0.2) is 4.39 Å². The van der Waals surface area contributed by atoms with E-state index in [0.717, 1.165) is 17.8 Å². The SMILES string of the molecule is CNCc1cccc(NC(=O)c2ccc(F)cc2C)c1. The normalized spacial score (nSPS) is 10.3. The van der Waals surface area contributed by atoms with Crippen LogP contribution >= 0.6 is 0 Å². The summed E-state index contributed by atoms with van der Waals surface area (Å²) in [5.74, 6) is -0.570. The van der Waals surface area contributed by atoms with E-state index in [9.17, 15) is 9.18 Å². The molecule has 2 N–H and O–H groups in total. The number of amides is 1. The van der Waals surface area contributed by atoms with E-state index in [1.807, 2.05) is 31.3 Å². The highest BCUT2D eigenvalue weighted by atomic mass is 19.1. The molecule has 0 unspecified atom stereocenters. The molecule has 0 aromatic heterocycles. The molecule has 0 heterocycles. The van der Waals surface area contributed by atoms with Crippen molar-refractivity contribution in [3.05, 3.63) is 65.0 Å². The Kier molecular flexibility index (Phi) is 4.48. The molecule has 2 aromatic rings. The van der Waals surface area contributed by atoms with Crippen LogP contribution in [0.3, 0.4) is 0 Å². The average molecular weight is 272 g/mol. The summed E-state index contributed by atoms with van der Waals surface area (Å²) in [6.45, 7) is 2.45. The van der Waals surface area contributed by atoms with E-state index in [1.54, 1.807) is 6.92 Å². The number of nitrogens with one attached hydrogen (secondary N) is 2. The van der Waals surface area contributed by atoms with Gasteiger partial charge in [0, 0.05) is 17.8 Å². The smallest absolute Gasteiger partial charge is 0.255 e. The minimum absolute atomic E-state index is 0.232. The lowest BCUT2D eigenvalue weighted by Crippen LogP contribution is -2.14. The number of hydrogen-bond donors (Lipinski definition) is 2. The van der Waals surface area contributed by atoms with E-state index in [1.165, 1.54) is 18.2 Å². The maximum Gasteiger partial charge on any atom is 0.255 e. The number of rotatable bonds is 4. The van der Waals surface area contributed by atoms with Crippen molar-refractivity contribution in [3.63, 3.8) is 0 Å². The molecule has 0 radical (unpaired) electrons. The molecule has 2 rings (SSSR count). The number of carbonyl (C=O) groups is 1. The minimum Gasteiger partial charge on any atom is -0.322 e. The monoisotopic (exact) mass is 272 g/mol. The summed E-state index contributed by atoms with van der Waals surface area (Å²) in [5.41, 5.74) is 2.91. The molecule has 3 nitrogen and oxygen atoms in total. The summed E-state index contributed by atoms with van der Waals surface area (Å²) >= 11 is 0. The van der Waals surface area contributed by atoms with Crippen LogP contribution < -0.4 is 10.6 Å². The lowest BCUT2D eigenvalue weighted by molar-refractivity contribution is 0.102. The highest BCUT2D eigenvalue weighted by molar-refractivity contribution is 6.05. The minimum atomic E-state index is -0.338. The molecule has 0 spiro atoms. The Balaban J connectivity index is 2.17. The standard InChI is InChI=1S/C16H17FN2O/c1-11-8-13(17)6-7-15(11)16(20)19-14-5-3-4-12(9-14)10-18-2/h3-9,18H,10H2,1-2H3,(H,19,20). The zero-order chi connectivity index (χ0) is 14.5. The maximum absolute atomic E-state index is 13.0. The summed E-state index contributed by atoms with van der Waals surface area (Å²) in [7, 11) is 1.87. The van der Waals surface area contributed by atoms with Crippen molar-refractivity contribution < 1.29 is 9.18 Å². The second-order valence-electron chi connectivity index (χ2n) is 4.64. The molecular formula is C16H17FN2O. The predicted octanol–water partition coefficient (Wildman–Crippen LogP) is 3.11. The molecule has 0 saturated heterocycles. The first-order valence-electron chi connectivity index (χ1n) is 6.41. The van der Waals surface area contributed by atoms with Crippen molar-refractivity contribution in [2.45, 2.75) is 13.5 Å². The first kappa shape index (κ1) is 14.2. The van der Waals surface area contributed by atoms with E-state index in [4.69, 9.17) is 0 Å². The largest absolute Gasteiger partial charge is 0.322 e. The van der Waals surface area contributed by atoms with E-state index in [-0.39, 0.29) is 11.7 Å². The van der Waals surface area contributed by atoms with Gasteiger partial charge in [0.2, 0.25) is 0 Å². The maximum atomic E-state index is 13.0. The fraction of sp³-hybridized carbons (Fsp3) is 0.188. The molecule has 20 heavy (non-hydrogen) atoms. The first-order chi connectivity index (χ1) is 9.60. The van der Waals surface area contributed by atoms with Crippen LogP contribution in [-0.4, -0.2) is 13.0 Å². The molecule has 0 fully saturated rings. The van der Waals surface area contributed by atoms with E-state index >= 15 is 0 Å². The van der Waals surface area contributed by atoms with Gasteiger partial charge in [-0.05, 0) is 55.4 Å². The molecule has 0 atom stereocenters. The molecule has 0 aliphatic carbocycles. The second-order valence-corrected chi connectivity index (χ2v) is 4.64. The number of carbonyl (C=O) groups excluding carboxylic acids is 1. The summed E-state index contributed by atoms with van der Waals surface area (Å²) in [5, 5.41) is 5.89. The van der Waals surface area contributed by atoms with Crippen molar-refractivity contribution >= 4 is 11.6 Å². The van der Waals surface area contributed by atoms with E-state index < -0.39 is 0 Å². The van der Waals surface area contributed by atoms with Crippen LogP contribution in [-0.2, 0) is 6.54 Å². The summed E-state index contributed by atoms with van der Waals surface area (Å²) in [4.78, 5) is 12.2. The van der Waals surface area contributed by atoms with Gasteiger partial charge in [0.25, 0.3) is 5.91 Å². The van der Waals surface area contributed by atoms with E-state index in [2.05, 4.69) is 10.6 Å². The zero-order valence-corrected chi connectivity index (χ0v) is 11.5. The van der Waals surface area contributed by atoms with Crippen molar-refractivity contribution in [2.24, 2.45) is 0 Å². The molecule has 104 valence electrons. The van der Waals surface area contributed by atoms with Crippen LogP contribution in [0.5, 0.6) is 0 Å². The molecule has 0 bridgehead atoms. The summed E-state index contributed by atoms with van der Waals surface area (Å²) < 4.78 is 13.0. The molecule has 1 amide bonds. The topological polar surface area (TPSA) is 41.1 Å². The molecule has 0 aliphatic heterocycles. The van der Waals surface area contributed by atoms with Crippen molar-refractivity contribution in [3.8, 4) is 0 Å². The molecular weight excluding hydrogens is 255 g/mol. The van der Waals surface area contributed by atoms with Gasteiger partial charge < -0.3 is 10.6 Å². The first-order valence-corrected chi connectivity index (χ1v) is 6.41. The Bertz CT molecular complexity index is 626. The third-order valence-electron chi connectivity index (χ3n) is 3.00. The summed E-state index contributed by atoms with van der Waals surface area (Å²) in [6, 6.07) is 11.8. The Labute approximate surface area is 117 Å². The van der Waals surface area contributed by atoms with Gasteiger partial charge in [0.15, 0.2) is 0 Å². The Hall–Kier alpha value is -2.20. The van der Waals surface area contributed by atoms with Crippen LogP contribution in [0.25, 0.3) is 0 Å². The number of aryl methyl sites for hydroxylation is 1. The highest BCUT2D eigenvalue weighted by Crippen LogP contribution is 2.15. The van der Waals surface area contributed by atoms with Gasteiger partial charge in [-0.3, -0.25) is 4.79 Å². The molecule has 2 aromatic carbocycles. The third kappa shape index (κ3) is 3.42. The number of hydrogen-bond acceptors (Lipinski definition) is 2. The van der Waals surface area contributed by atoms with Crippen molar-refractivity contribution in [1.82, 2.24) is 5.32 Å². The molecule has 0 aliphatic rings. The summed E-state index contributed by atoms with van der Waals surface area (Å²) in [6.07, 6.45) is 0. The highest BCUT2D eigenvalue weighted by Gasteiger charge is 2.10. The third-order valence-corrected chi connectivity index (χ3v) is 3.00. The Morgan fingerprint density at radius 1 is 1.20 bits per heavy atom. The van der Waals surface area contributed by atoms with Crippen molar-refractivity contribution in [2.75, 3.05) is 12.4 Å². The quantitative estimate of drug-likeness (QED) is 0.898. The number of anilines is 1. The van der Waals surface area contributed by atoms with Gasteiger partial charge in [-0.15, -0.1) is 0 Å². The average Bonchev–Trinajstić information content (AvgIpc) is 2.39. The van der Waals surface area contributed by atoms with Crippen molar-refractivity contribution in [1.29, 1.82) is 0 Å². The fourth-order valence-corrected chi connectivity index (χ4v) is 2.04. The van der Waals surface area contributed by atoms with E-state index in [0.29, 0.717) is 11.1 Å². The molecule has 0 saturated carbocycles. The fourth-order valence-electron chi connectivity index (χ4n) is 2.04. The number of benzene rings is 2. The predicted molar refractivity (Wildman–Crippen MR) is 78.3 cm³/mol. The Morgan fingerprint density at radius 2 is 2.00 bits per heavy atom. The van der Waals surface area contributed by atoms with Crippen LogP contribution in [0, 0.1) is 12.7 Å². The lowest BCUT2D eigenvalue weighted by atomic mass is 10.1. The molecule has 4 heteroatoms. The lowest BCUT2D eigenvalue weighted by Gasteiger charge is -2.09. The van der Waals surface area contributed by atoms with Gasteiger partial charge in [-0.2, -0.15) is 0 Å². The van der Waals surface area contributed by atoms with Crippen LogP contribution in [0.1, 0.15) is 21.5 Å². The number of halogens is 1. The van der Waals surface area contributed by atoms with Crippen LogP contribution in [0.15, 0.2) is 42.5 Å².